The Balaban J connectivity index is 2.96. The summed E-state index contributed by atoms with van der Waals surface area (Å²) < 4.78 is 5.82. The van der Waals surface area contributed by atoms with E-state index in [1.807, 2.05) is 7.05 Å². The van der Waals surface area contributed by atoms with Crippen LogP contribution in [-0.2, 0) is 11.8 Å². The van der Waals surface area contributed by atoms with E-state index in [4.69, 9.17) is 4.74 Å². The molecule has 2 nitrogen and oxygen atoms in total. The molecule has 1 rings (SSSR count). The first-order chi connectivity index (χ1) is 8.49. The van der Waals surface area contributed by atoms with Gasteiger partial charge < -0.3 is 10.1 Å². The Labute approximate surface area is 112 Å². The van der Waals surface area contributed by atoms with Crippen LogP contribution in [0.25, 0.3) is 0 Å². The molecular weight excluding hydrogens is 222 g/mol. The summed E-state index contributed by atoms with van der Waals surface area (Å²) in [5, 5.41) is 3.20. The fraction of sp³-hybridized carbons (Fsp3) is 0.625. The summed E-state index contributed by atoms with van der Waals surface area (Å²) >= 11 is 0. The number of hydrogen-bond donors (Lipinski definition) is 1. The smallest absolute Gasteiger partial charge is 0.122 e. The lowest BCUT2D eigenvalue weighted by molar-refractivity contribution is 0.314. The molecule has 0 aliphatic heterocycles. The van der Waals surface area contributed by atoms with Gasteiger partial charge in [0.05, 0.1) is 6.61 Å². The van der Waals surface area contributed by atoms with E-state index in [0.717, 1.165) is 31.7 Å². The van der Waals surface area contributed by atoms with E-state index in [-0.39, 0.29) is 5.41 Å². The lowest BCUT2D eigenvalue weighted by Gasteiger charge is -2.21. The van der Waals surface area contributed by atoms with Gasteiger partial charge in [0.1, 0.15) is 5.75 Å². The lowest BCUT2D eigenvalue weighted by atomic mass is 9.85. The van der Waals surface area contributed by atoms with Crippen LogP contribution in [-0.4, -0.2) is 20.2 Å². The molecule has 0 unspecified atom stereocenters. The van der Waals surface area contributed by atoms with Gasteiger partial charge in [0.25, 0.3) is 0 Å². The highest BCUT2D eigenvalue weighted by atomic mass is 16.5. The third-order valence-electron chi connectivity index (χ3n) is 3.03. The standard InChI is InChI=1S/C16H27NO/c1-6-11-18-15-8-7-14(16(2,3)4)12-13(15)9-10-17-5/h7-8,12,17H,6,9-11H2,1-5H3. The molecule has 1 N–H and O–H groups in total. The molecule has 0 aliphatic carbocycles. The molecule has 1 aromatic rings. The molecule has 102 valence electrons. The minimum Gasteiger partial charge on any atom is -0.493 e. The van der Waals surface area contributed by atoms with Gasteiger partial charge in [0, 0.05) is 0 Å². The number of nitrogens with one attached hydrogen (secondary N) is 1. The molecule has 0 saturated carbocycles. The van der Waals surface area contributed by atoms with Gasteiger partial charge in [-0.15, -0.1) is 0 Å². The van der Waals surface area contributed by atoms with Gasteiger partial charge in [-0.25, -0.2) is 0 Å². The molecule has 0 bridgehead atoms. The Morgan fingerprint density at radius 1 is 1.22 bits per heavy atom. The van der Waals surface area contributed by atoms with Crippen molar-refractivity contribution in [3.05, 3.63) is 29.3 Å². The Morgan fingerprint density at radius 2 is 1.94 bits per heavy atom. The minimum atomic E-state index is 0.192. The fourth-order valence-corrected chi connectivity index (χ4v) is 1.85. The monoisotopic (exact) mass is 249 g/mol. The van der Waals surface area contributed by atoms with E-state index in [2.05, 4.69) is 51.2 Å². The van der Waals surface area contributed by atoms with Crippen molar-refractivity contribution < 1.29 is 4.74 Å². The van der Waals surface area contributed by atoms with E-state index in [1.165, 1.54) is 11.1 Å². The van der Waals surface area contributed by atoms with Gasteiger partial charge in [-0.1, -0.05) is 39.8 Å². The molecule has 0 aliphatic rings. The largest absolute Gasteiger partial charge is 0.493 e. The van der Waals surface area contributed by atoms with Crippen molar-refractivity contribution in [3.63, 3.8) is 0 Å². The number of likely N-dealkylation sites (N-methyl/N-ethyl adjacent to an activating group) is 1. The minimum absolute atomic E-state index is 0.192. The second kappa shape index (κ2) is 6.79. The molecule has 0 aromatic heterocycles. The summed E-state index contributed by atoms with van der Waals surface area (Å²) in [5.74, 6) is 1.04. The Hall–Kier alpha value is -1.02. The van der Waals surface area contributed by atoms with Crippen molar-refractivity contribution in [2.45, 2.75) is 46.0 Å². The van der Waals surface area contributed by atoms with Crippen LogP contribution in [0.15, 0.2) is 18.2 Å². The third-order valence-corrected chi connectivity index (χ3v) is 3.03. The first-order valence-corrected chi connectivity index (χ1v) is 6.90. The quantitative estimate of drug-likeness (QED) is 0.832. The number of ether oxygens (including phenoxy) is 1. The molecule has 0 saturated heterocycles. The van der Waals surface area contributed by atoms with Gasteiger partial charge in [0.2, 0.25) is 0 Å². The summed E-state index contributed by atoms with van der Waals surface area (Å²) in [6.45, 7) is 10.7. The van der Waals surface area contributed by atoms with E-state index in [1.54, 1.807) is 0 Å². The normalized spacial score (nSPS) is 11.6. The van der Waals surface area contributed by atoms with Crippen LogP contribution in [0.2, 0.25) is 0 Å². The van der Waals surface area contributed by atoms with Gasteiger partial charge in [-0.05, 0) is 49.0 Å². The number of benzene rings is 1. The van der Waals surface area contributed by atoms with Crippen molar-refractivity contribution in [2.75, 3.05) is 20.2 Å². The molecule has 18 heavy (non-hydrogen) atoms. The zero-order chi connectivity index (χ0) is 13.6. The number of rotatable bonds is 6. The summed E-state index contributed by atoms with van der Waals surface area (Å²) in [6.07, 6.45) is 2.06. The molecule has 0 spiro atoms. The number of hydrogen-bond acceptors (Lipinski definition) is 2. The highest BCUT2D eigenvalue weighted by Gasteiger charge is 2.15. The van der Waals surface area contributed by atoms with Crippen LogP contribution in [0.1, 0.15) is 45.2 Å². The molecular formula is C16H27NO. The fourth-order valence-electron chi connectivity index (χ4n) is 1.85. The molecule has 0 fully saturated rings. The van der Waals surface area contributed by atoms with Crippen LogP contribution in [0.5, 0.6) is 5.75 Å². The van der Waals surface area contributed by atoms with Crippen molar-refractivity contribution in [3.8, 4) is 5.75 Å². The van der Waals surface area contributed by atoms with Gasteiger partial charge in [0.15, 0.2) is 0 Å². The van der Waals surface area contributed by atoms with E-state index < -0.39 is 0 Å². The van der Waals surface area contributed by atoms with Crippen LogP contribution in [0.3, 0.4) is 0 Å². The van der Waals surface area contributed by atoms with Gasteiger partial charge in [-0.2, -0.15) is 0 Å². The average molecular weight is 249 g/mol. The molecule has 0 atom stereocenters. The molecule has 2 heteroatoms. The first-order valence-electron chi connectivity index (χ1n) is 6.90. The Morgan fingerprint density at radius 3 is 2.50 bits per heavy atom. The molecule has 0 radical (unpaired) electrons. The molecule has 1 aromatic carbocycles. The average Bonchev–Trinajstić information content (AvgIpc) is 2.33. The van der Waals surface area contributed by atoms with Gasteiger partial charge >= 0.3 is 0 Å². The van der Waals surface area contributed by atoms with E-state index in [9.17, 15) is 0 Å². The van der Waals surface area contributed by atoms with Crippen LogP contribution < -0.4 is 10.1 Å². The highest BCUT2D eigenvalue weighted by Crippen LogP contribution is 2.28. The molecule has 0 amide bonds. The molecule has 0 heterocycles. The zero-order valence-electron chi connectivity index (χ0n) is 12.5. The summed E-state index contributed by atoms with van der Waals surface area (Å²) in [7, 11) is 1.99. The van der Waals surface area contributed by atoms with Crippen LogP contribution in [0, 0.1) is 0 Å². The zero-order valence-corrected chi connectivity index (χ0v) is 12.5. The third kappa shape index (κ3) is 4.34. The van der Waals surface area contributed by atoms with Crippen molar-refractivity contribution in [1.29, 1.82) is 0 Å². The summed E-state index contributed by atoms with van der Waals surface area (Å²) in [4.78, 5) is 0. The second-order valence-corrected chi connectivity index (χ2v) is 5.77. The maximum Gasteiger partial charge on any atom is 0.122 e. The highest BCUT2D eigenvalue weighted by molar-refractivity contribution is 5.40. The predicted molar refractivity (Wildman–Crippen MR) is 78.6 cm³/mol. The van der Waals surface area contributed by atoms with Crippen molar-refractivity contribution in [2.24, 2.45) is 0 Å². The topological polar surface area (TPSA) is 21.3 Å². The summed E-state index contributed by atoms with van der Waals surface area (Å²) in [6, 6.07) is 6.61. The SMILES string of the molecule is CCCOc1ccc(C(C)(C)C)cc1CCNC. The Bertz CT molecular complexity index is 366. The maximum atomic E-state index is 5.82. The van der Waals surface area contributed by atoms with E-state index >= 15 is 0 Å². The second-order valence-electron chi connectivity index (χ2n) is 5.77. The van der Waals surface area contributed by atoms with Gasteiger partial charge in [-0.3, -0.25) is 0 Å². The van der Waals surface area contributed by atoms with E-state index in [0.29, 0.717) is 0 Å². The first kappa shape index (κ1) is 15.0. The van der Waals surface area contributed by atoms with Crippen LogP contribution in [0.4, 0.5) is 0 Å². The lowest BCUT2D eigenvalue weighted by Crippen LogP contribution is -2.14. The predicted octanol–water partition coefficient (Wildman–Crippen LogP) is 3.53. The maximum absolute atomic E-state index is 5.82. The van der Waals surface area contributed by atoms with Crippen LogP contribution >= 0.6 is 0 Å². The van der Waals surface area contributed by atoms with Crippen molar-refractivity contribution in [1.82, 2.24) is 5.32 Å². The Kier molecular flexibility index (Phi) is 5.67. The summed E-state index contributed by atoms with van der Waals surface area (Å²) in [5.41, 5.74) is 2.88. The van der Waals surface area contributed by atoms with Crippen molar-refractivity contribution >= 4 is 0 Å².